The van der Waals surface area contributed by atoms with Crippen LogP contribution in [0.5, 0.6) is 0 Å². The zero-order valence-corrected chi connectivity index (χ0v) is 12.4. The lowest BCUT2D eigenvalue weighted by Crippen LogP contribution is -2.27. The first kappa shape index (κ1) is 14.6. The molecule has 0 saturated heterocycles. The van der Waals surface area contributed by atoms with Crippen molar-refractivity contribution in [1.29, 1.82) is 0 Å². The van der Waals surface area contributed by atoms with Crippen molar-refractivity contribution in [2.45, 2.75) is 31.3 Å². The van der Waals surface area contributed by atoms with Crippen LogP contribution in [0.2, 0.25) is 0 Å². The Labute approximate surface area is 120 Å². The zero-order chi connectivity index (χ0) is 14.9. The molecule has 0 bridgehead atoms. The highest BCUT2D eigenvalue weighted by molar-refractivity contribution is 8.00. The first-order chi connectivity index (χ1) is 9.29. The molecule has 5 nitrogen and oxygen atoms in total. The summed E-state index contributed by atoms with van der Waals surface area (Å²) in [5.74, 6) is -0.491. The van der Waals surface area contributed by atoms with Crippen LogP contribution in [-0.2, 0) is 10.5 Å². The summed E-state index contributed by atoms with van der Waals surface area (Å²) in [5.41, 5.74) is 2.05. The molecular formula is C14H16N2O3S. The lowest BCUT2D eigenvalue weighted by atomic mass is 10.2. The number of fused-ring (bicyclic) bond motifs is 1. The molecule has 0 fully saturated rings. The molecule has 0 aliphatic carbocycles. The van der Waals surface area contributed by atoms with Crippen LogP contribution in [0.1, 0.15) is 25.1 Å². The third-order valence-electron chi connectivity index (χ3n) is 2.97. The van der Waals surface area contributed by atoms with Gasteiger partial charge in [0.25, 0.3) is 5.56 Å². The Morgan fingerprint density at radius 1 is 1.45 bits per heavy atom. The van der Waals surface area contributed by atoms with Crippen molar-refractivity contribution in [2.75, 3.05) is 0 Å². The average Bonchev–Trinajstić information content (AvgIpc) is 2.35. The van der Waals surface area contributed by atoms with Crippen LogP contribution in [0.3, 0.4) is 0 Å². The number of carbonyl (C=O) groups is 1. The van der Waals surface area contributed by atoms with Crippen LogP contribution < -0.4 is 5.56 Å². The van der Waals surface area contributed by atoms with Crippen LogP contribution in [0.15, 0.2) is 29.2 Å². The Kier molecular flexibility index (Phi) is 3.85. The number of pyridine rings is 1. The van der Waals surface area contributed by atoms with E-state index in [0.717, 1.165) is 5.56 Å². The number of thioether (sulfide) groups is 1. The molecule has 6 heteroatoms. The molecule has 2 aromatic heterocycles. The number of rotatable bonds is 4. The Bertz CT molecular complexity index is 722. The maximum atomic E-state index is 12.0. The van der Waals surface area contributed by atoms with Gasteiger partial charge in [-0.15, -0.1) is 11.8 Å². The summed E-state index contributed by atoms with van der Waals surface area (Å²) in [4.78, 5) is 27.4. The lowest BCUT2D eigenvalue weighted by Gasteiger charge is -2.17. The number of aliphatic carboxylic acids is 1. The van der Waals surface area contributed by atoms with E-state index in [0.29, 0.717) is 17.1 Å². The quantitative estimate of drug-likeness (QED) is 0.934. The molecule has 0 unspecified atom stereocenters. The van der Waals surface area contributed by atoms with Gasteiger partial charge < -0.3 is 5.11 Å². The molecule has 0 saturated carbocycles. The second-order valence-corrected chi connectivity index (χ2v) is 6.72. The molecule has 0 aliphatic heterocycles. The standard InChI is InChI=1S/C14H16N2O3S/c1-9-4-5-16-11(6-9)15-10(7-12(16)17)8-20-14(2,3)13(18)19/h4-7H,8H2,1-3H3,(H,18,19). The van der Waals surface area contributed by atoms with Crippen molar-refractivity contribution in [3.05, 3.63) is 46.0 Å². The van der Waals surface area contributed by atoms with Gasteiger partial charge in [0.1, 0.15) is 10.4 Å². The van der Waals surface area contributed by atoms with Crippen molar-refractivity contribution < 1.29 is 9.90 Å². The molecule has 0 aliphatic rings. The van der Waals surface area contributed by atoms with E-state index in [1.807, 2.05) is 19.1 Å². The first-order valence-corrected chi connectivity index (χ1v) is 7.14. The molecule has 0 amide bonds. The van der Waals surface area contributed by atoms with Crippen LogP contribution in [-0.4, -0.2) is 25.2 Å². The van der Waals surface area contributed by atoms with Gasteiger partial charge >= 0.3 is 5.97 Å². The molecular weight excluding hydrogens is 276 g/mol. The van der Waals surface area contributed by atoms with E-state index in [4.69, 9.17) is 5.11 Å². The highest BCUT2D eigenvalue weighted by Gasteiger charge is 2.27. The minimum Gasteiger partial charge on any atom is -0.480 e. The van der Waals surface area contributed by atoms with Gasteiger partial charge in [0.05, 0.1) is 5.69 Å². The smallest absolute Gasteiger partial charge is 0.319 e. The third-order valence-corrected chi connectivity index (χ3v) is 4.31. The van der Waals surface area contributed by atoms with Gasteiger partial charge in [-0.25, -0.2) is 4.98 Å². The summed E-state index contributed by atoms with van der Waals surface area (Å²) in [6, 6.07) is 5.13. The van der Waals surface area contributed by atoms with Gasteiger partial charge in [0.15, 0.2) is 0 Å². The average molecular weight is 292 g/mol. The van der Waals surface area contributed by atoms with E-state index in [1.165, 1.54) is 22.2 Å². The minimum atomic E-state index is -0.903. The third kappa shape index (κ3) is 3.01. The summed E-state index contributed by atoms with van der Waals surface area (Å²) in [5, 5.41) is 9.07. The van der Waals surface area contributed by atoms with E-state index < -0.39 is 10.7 Å². The fraction of sp³-hybridized carbons (Fsp3) is 0.357. The van der Waals surface area contributed by atoms with Crippen LogP contribution in [0.4, 0.5) is 0 Å². The van der Waals surface area contributed by atoms with Crippen LogP contribution in [0, 0.1) is 6.92 Å². The first-order valence-electron chi connectivity index (χ1n) is 6.16. The SMILES string of the molecule is Cc1ccn2c(=O)cc(CSC(C)(C)C(=O)O)nc2c1. The Morgan fingerprint density at radius 3 is 2.80 bits per heavy atom. The van der Waals surface area contributed by atoms with E-state index in [9.17, 15) is 9.59 Å². The Hall–Kier alpha value is -1.82. The van der Waals surface area contributed by atoms with Crippen molar-refractivity contribution in [3.8, 4) is 0 Å². The van der Waals surface area contributed by atoms with E-state index in [-0.39, 0.29) is 5.56 Å². The van der Waals surface area contributed by atoms with Gasteiger partial charge in [-0.05, 0) is 38.5 Å². The molecule has 0 atom stereocenters. The number of carboxylic acid groups (broad SMARTS) is 1. The van der Waals surface area contributed by atoms with Crippen LogP contribution in [0.25, 0.3) is 5.65 Å². The molecule has 2 aromatic rings. The number of nitrogens with zero attached hydrogens (tertiary/aromatic N) is 2. The number of aromatic nitrogens is 2. The molecule has 0 spiro atoms. The summed E-state index contributed by atoms with van der Waals surface area (Å²) in [7, 11) is 0. The summed E-state index contributed by atoms with van der Waals surface area (Å²) >= 11 is 1.25. The minimum absolute atomic E-state index is 0.154. The second-order valence-electron chi connectivity index (χ2n) is 5.12. The van der Waals surface area contributed by atoms with E-state index in [2.05, 4.69) is 4.98 Å². The highest BCUT2D eigenvalue weighted by atomic mass is 32.2. The van der Waals surface area contributed by atoms with Crippen molar-refractivity contribution >= 4 is 23.4 Å². The van der Waals surface area contributed by atoms with Gasteiger partial charge in [0, 0.05) is 18.0 Å². The second kappa shape index (κ2) is 5.28. The van der Waals surface area contributed by atoms with Crippen molar-refractivity contribution in [2.24, 2.45) is 0 Å². The number of carboxylic acids is 1. The lowest BCUT2D eigenvalue weighted by molar-refractivity contribution is -0.138. The molecule has 2 heterocycles. The maximum Gasteiger partial charge on any atom is 0.319 e. The van der Waals surface area contributed by atoms with Crippen molar-refractivity contribution in [1.82, 2.24) is 9.38 Å². The fourth-order valence-electron chi connectivity index (χ4n) is 1.64. The molecule has 20 heavy (non-hydrogen) atoms. The van der Waals surface area contributed by atoms with E-state index >= 15 is 0 Å². The molecule has 0 radical (unpaired) electrons. The predicted molar refractivity (Wildman–Crippen MR) is 79.2 cm³/mol. The molecule has 0 aromatic carbocycles. The van der Waals surface area contributed by atoms with Gasteiger partial charge in [-0.2, -0.15) is 0 Å². The Balaban J connectivity index is 2.32. The van der Waals surface area contributed by atoms with Gasteiger partial charge in [-0.3, -0.25) is 14.0 Å². The summed E-state index contributed by atoms with van der Waals surface area (Å²) in [6.07, 6.45) is 1.69. The van der Waals surface area contributed by atoms with Gasteiger partial charge in [-0.1, -0.05) is 0 Å². The largest absolute Gasteiger partial charge is 0.480 e. The Morgan fingerprint density at radius 2 is 2.15 bits per heavy atom. The normalized spacial score (nSPS) is 11.8. The van der Waals surface area contributed by atoms with E-state index in [1.54, 1.807) is 20.0 Å². The molecule has 106 valence electrons. The number of hydrogen-bond acceptors (Lipinski definition) is 4. The summed E-state index contributed by atoms with van der Waals surface area (Å²) < 4.78 is 0.572. The molecule has 2 rings (SSSR count). The molecule has 1 N–H and O–H groups in total. The fourth-order valence-corrected chi connectivity index (χ4v) is 2.42. The number of hydrogen-bond donors (Lipinski definition) is 1. The zero-order valence-electron chi connectivity index (χ0n) is 11.6. The maximum absolute atomic E-state index is 12.0. The highest BCUT2D eigenvalue weighted by Crippen LogP contribution is 2.27. The monoisotopic (exact) mass is 292 g/mol. The number of aryl methyl sites for hydroxylation is 1. The predicted octanol–water partition coefficient (Wildman–Crippen LogP) is 2.10. The van der Waals surface area contributed by atoms with Crippen LogP contribution >= 0.6 is 11.8 Å². The topological polar surface area (TPSA) is 71.7 Å². The van der Waals surface area contributed by atoms with Gasteiger partial charge in [0.2, 0.25) is 0 Å². The van der Waals surface area contributed by atoms with Crippen molar-refractivity contribution in [3.63, 3.8) is 0 Å². The summed E-state index contributed by atoms with van der Waals surface area (Å²) in [6.45, 7) is 5.21.